The lowest BCUT2D eigenvalue weighted by Gasteiger charge is -2.08. The normalized spacial score (nSPS) is 9.47. The minimum Gasteiger partial charge on any atom is -0.505 e. The van der Waals surface area contributed by atoms with Gasteiger partial charge < -0.3 is 39.1 Å². The Hall–Kier alpha value is -3.12. The molecule has 0 rings (SSSR count). The Labute approximate surface area is 200 Å². The maximum Gasteiger partial charge on any atom is 0.315 e. The van der Waals surface area contributed by atoms with Gasteiger partial charge in [0, 0.05) is 19.7 Å². The minimum atomic E-state index is -0.687. The molecule has 0 radical (unpaired) electrons. The zero-order valence-corrected chi connectivity index (χ0v) is 20.1. The summed E-state index contributed by atoms with van der Waals surface area (Å²) in [5.74, 6) is -2.41. The first-order valence-corrected chi connectivity index (χ1v) is 10.8. The molecule has 0 unspecified atom stereocenters. The number of hydrogen-bond donors (Lipinski definition) is 2. The van der Waals surface area contributed by atoms with E-state index >= 15 is 0 Å². The van der Waals surface area contributed by atoms with Gasteiger partial charge in [-0.3, -0.25) is 19.2 Å². The standard InChI is InChI=1S/C19H32N2O9.C3H6O/c1-3-7-27-10-12-29-18(24)14-16(22)20-5-6-21-17(23)15-19(25)30-13-11-28-9-8-26-4-2;1-3-4-2/h4H,2-3,5-15H2,1H3,(H,20,22)(H,21,23);3H,1H2,2H3. The number of carbonyl (C=O) groups is 4. The second kappa shape index (κ2) is 26.1. The van der Waals surface area contributed by atoms with Gasteiger partial charge in [0.2, 0.25) is 11.8 Å². The summed E-state index contributed by atoms with van der Waals surface area (Å²) in [5, 5.41) is 4.92. The molecule has 2 N–H and O–H groups in total. The van der Waals surface area contributed by atoms with Crippen LogP contribution in [0.5, 0.6) is 0 Å². The molecule has 0 heterocycles. The summed E-state index contributed by atoms with van der Waals surface area (Å²) < 4.78 is 29.1. The van der Waals surface area contributed by atoms with E-state index in [-0.39, 0.29) is 39.5 Å². The highest BCUT2D eigenvalue weighted by atomic mass is 16.6. The van der Waals surface area contributed by atoms with Gasteiger partial charge >= 0.3 is 11.9 Å². The van der Waals surface area contributed by atoms with E-state index in [0.717, 1.165) is 6.42 Å². The van der Waals surface area contributed by atoms with E-state index in [1.165, 1.54) is 12.5 Å². The number of amides is 2. The number of hydrogen-bond acceptors (Lipinski definition) is 10. The zero-order chi connectivity index (χ0) is 25.9. The van der Waals surface area contributed by atoms with Crippen LogP contribution in [-0.2, 0) is 47.6 Å². The summed E-state index contributed by atoms with van der Waals surface area (Å²) in [6.45, 7) is 10.7. The molecule has 0 aromatic rings. The van der Waals surface area contributed by atoms with E-state index in [1.54, 1.807) is 7.11 Å². The fourth-order valence-electron chi connectivity index (χ4n) is 1.86. The molecule has 2 amide bonds. The first kappa shape index (κ1) is 33.1. The van der Waals surface area contributed by atoms with Gasteiger partial charge in [0.1, 0.15) is 32.7 Å². The molecule has 0 aromatic carbocycles. The Morgan fingerprint density at radius 1 is 0.706 bits per heavy atom. The molecule has 12 nitrogen and oxygen atoms in total. The monoisotopic (exact) mass is 490 g/mol. The van der Waals surface area contributed by atoms with Crippen molar-refractivity contribution in [1.29, 1.82) is 0 Å². The van der Waals surface area contributed by atoms with Crippen molar-refractivity contribution in [2.45, 2.75) is 26.2 Å². The number of nitrogens with one attached hydrogen (secondary N) is 2. The highest BCUT2D eigenvalue weighted by molar-refractivity contribution is 5.95. The van der Waals surface area contributed by atoms with Gasteiger partial charge in [-0.1, -0.05) is 20.1 Å². The molecule has 12 heteroatoms. The van der Waals surface area contributed by atoms with Crippen molar-refractivity contribution in [2.75, 3.05) is 66.4 Å². The molecule has 0 spiro atoms. The first-order chi connectivity index (χ1) is 16.4. The average molecular weight is 491 g/mol. The van der Waals surface area contributed by atoms with E-state index in [2.05, 4.69) is 28.5 Å². The Bertz CT molecular complexity index is 584. The highest BCUT2D eigenvalue weighted by Crippen LogP contribution is 1.90. The van der Waals surface area contributed by atoms with Crippen LogP contribution in [0.3, 0.4) is 0 Å². The second-order valence-corrected chi connectivity index (χ2v) is 6.16. The first-order valence-electron chi connectivity index (χ1n) is 10.8. The average Bonchev–Trinajstić information content (AvgIpc) is 2.81. The number of methoxy groups -OCH3 is 1. The number of ether oxygens (including phenoxy) is 6. The fraction of sp³-hybridized carbons (Fsp3) is 0.636. The minimum absolute atomic E-state index is 0.0249. The highest BCUT2D eigenvalue weighted by Gasteiger charge is 2.12. The van der Waals surface area contributed by atoms with Gasteiger partial charge in [0.15, 0.2) is 0 Å². The topological polar surface area (TPSA) is 148 Å². The van der Waals surface area contributed by atoms with Gasteiger partial charge in [-0.2, -0.15) is 0 Å². The third kappa shape index (κ3) is 26.9. The van der Waals surface area contributed by atoms with Crippen LogP contribution < -0.4 is 10.6 Å². The molecular formula is C22H38N2O10. The second-order valence-electron chi connectivity index (χ2n) is 6.16. The van der Waals surface area contributed by atoms with E-state index < -0.39 is 36.6 Å². The molecule has 0 aliphatic carbocycles. The number of esters is 2. The number of carbonyl (C=O) groups excluding carboxylic acids is 4. The predicted octanol–water partition coefficient (Wildman–Crippen LogP) is 0.465. The Morgan fingerprint density at radius 2 is 1.15 bits per heavy atom. The zero-order valence-electron chi connectivity index (χ0n) is 20.1. The quantitative estimate of drug-likeness (QED) is 0.107. The maximum atomic E-state index is 11.6. The molecule has 0 saturated heterocycles. The lowest BCUT2D eigenvalue weighted by Crippen LogP contribution is -2.36. The van der Waals surface area contributed by atoms with Crippen LogP contribution in [-0.4, -0.2) is 90.2 Å². The van der Waals surface area contributed by atoms with E-state index in [0.29, 0.717) is 19.8 Å². The number of rotatable bonds is 20. The van der Waals surface area contributed by atoms with Crippen LogP contribution in [0, 0.1) is 0 Å². The van der Waals surface area contributed by atoms with Crippen molar-refractivity contribution >= 4 is 23.8 Å². The molecule has 0 bridgehead atoms. The van der Waals surface area contributed by atoms with Crippen LogP contribution >= 0.6 is 0 Å². The molecule has 0 saturated carbocycles. The summed E-state index contributed by atoms with van der Waals surface area (Å²) in [6.07, 6.45) is 2.68. The summed E-state index contributed by atoms with van der Waals surface area (Å²) in [6, 6.07) is 0. The summed E-state index contributed by atoms with van der Waals surface area (Å²) in [5.41, 5.74) is 0. The maximum absolute atomic E-state index is 11.6. The van der Waals surface area contributed by atoms with E-state index in [9.17, 15) is 19.2 Å². The largest absolute Gasteiger partial charge is 0.505 e. The molecule has 196 valence electrons. The van der Waals surface area contributed by atoms with E-state index in [1.807, 2.05) is 6.92 Å². The lowest BCUT2D eigenvalue weighted by atomic mass is 10.4. The SMILES string of the molecule is C=COC.C=COCCOCCOC(=O)CC(=O)NCCNC(=O)CC(=O)OCCOCCC. The van der Waals surface area contributed by atoms with Crippen LogP contribution in [0.15, 0.2) is 25.7 Å². The smallest absolute Gasteiger partial charge is 0.315 e. The molecule has 0 atom stereocenters. The third-order valence-electron chi connectivity index (χ3n) is 3.34. The third-order valence-corrected chi connectivity index (χ3v) is 3.34. The Kier molecular flexibility index (Phi) is 25.4. The van der Waals surface area contributed by atoms with Gasteiger partial charge in [-0.25, -0.2) is 0 Å². The Balaban J connectivity index is 0. The Morgan fingerprint density at radius 3 is 1.56 bits per heavy atom. The fourth-order valence-corrected chi connectivity index (χ4v) is 1.86. The molecule has 0 aliphatic rings. The van der Waals surface area contributed by atoms with E-state index in [4.69, 9.17) is 23.7 Å². The summed E-state index contributed by atoms with van der Waals surface area (Å²) >= 11 is 0. The lowest BCUT2D eigenvalue weighted by molar-refractivity contribution is -0.149. The summed E-state index contributed by atoms with van der Waals surface area (Å²) in [7, 11) is 1.56. The van der Waals surface area contributed by atoms with Crippen LogP contribution in [0.1, 0.15) is 26.2 Å². The van der Waals surface area contributed by atoms with Crippen molar-refractivity contribution in [3.63, 3.8) is 0 Å². The van der Waals surface area contributed by atoms with Gasteiger partial charge in [0.25, 0.3) is 0 Å². The van der Waals surface area contributed by atoms with Gasteiger partial charge in [-0.15, -0.1) is 0 Å². The van der Waals surface area contributed by atoms with Crippen molar-refractivity contribution < 1.29 is 47.6 Å². The predicted molar refractivity (Wildman–Crippen MR) is 122 cm³/mol. The molecule has 0 aliphatic heterocycles. The molecule has 34 heavy (non-hydrogen) atoms. The van der Waals surface area contributed by atoms with Gasteiger partial charge in [0.05, 0.1) is 39.5 Å². The molecular weight excluding hydrogens is 452 g/mol. The van der Waals surface area contributed by atoms with Crippen LogP contribution in [0.4, 0.5) is 0 Å². The van der Waals surface area contributed by atoms with Crippen LogP contribution in [0.25, 0.3) is 0 Å². The summed E-state index contributed by atoms with van der Waals surface area (Å²) in [4.78, 5) is 46.1. The van der Waals surface area contributed by atoms with Crippen LogP contribution in [0.2, 0.25) is 0 Å². The van der Waals surface area contributed by atoms with Gasteiger partial charge in [-0.05, 0) is 6.42 Å². The molecule has 0 fully saturated rings. The van der Waals surface area contributed by atoms with Crippen molar-refractivity contribution in [1.82, 2.24) is 10.6 Å². The van der Waals surface area contributed by atoms with Crippen molar-refractivity contribution in [3.8, 4) is 0 Å². The molecule has 0 aromatic heterocycles. The van der Waals surface area contributed by atoms with Crippen molar-refractivity contribution in [2.24, 2.45) is 0 Å². The van der Waals surface area contributed by atoms with Crippen molar-refractivity contribution in [3.05, 3.63) is 25.7 Å².